The summed E-state index contributed by atoms with van der Waals surface area (Å²) in [5, 5.41) is 20.2. The zero-order valence-corrected chi connectivity index (χ0v) is 14.3. The lowest BCUT2D eigenvalue weighted by Crippen LogP contribution is -1.96. The molecule has 0 aliphatic heterocycles. The fourth-order valence-electron chi connectivity index (χ4n) is 2.09. The molecule has 6 nitrogen and oxygen atoms in total. The molecule has 3 aromatic rings. The van der Waals surface area contributed by atoms with Crippen LogP contribution in [-0.2, 0) is 5.75 Å². The third-order valence-electron chi connectivity index (χ3n) is 3.47. The summed E-state index contributed by atoms with van der Waals surface area (Å²) in [5.41, 5.74) is 2.96. The molecule has 0 spiro atoms. The van der Waals surface area contributed by atoms with E-state index in [2.05, 4.69) is 10.2 Å². The fraction of sp³-hybridized carbons (Fsp3) is 0.125. The molecule has 0 radical (unpaired) electrons. The molecular weight excluding hydrogens is 348 g/mol. The smallest absolute Gasteiger partial charge is 0.269 e. The minimum atomic E-state index is -0.408. The van der Waals surface area contributed by atoms with E-state index < -0.39 is 4.92 Å². The maximum atomic E-state index is 10.7. The Morgan fingerprint density at radius 3 is 2.67 bits per heavy atom. The molecule has 8 heteroatoms. The molecule has 0 fully saturated rings. The highest BCUT2D eigenvalue weighted by Gasteiger charge is 2.10. The van der Waals surface area contributed by atoms with Crippen LogP contribution in [0.2, 0.25) is 5.02 Å². The highest BCUT2D eigenvalue weighted by atomic mass is 35.5. The Labute approximate surface area is 147 Å². The van der Waals surface area contributed by atoms with Gasteiger partial charge in [0.1, 0.15) is 6.33 Å². The summed E-state index contributed by atoms with van der Waals surface area (Å²) in [7, 11) is 0. The van der Waals surface area contributed by atoms with Crippen molar-refractivity contribution in [1.82, 2.24) is 14.8 Å². The number of halogens is 1. The fourth-order valence-corrected chi connectivity index (χ4v) is 3.15. The van der Waals surface area contributed by atoms with Crippen molar-refractivity contribution in [2.45, 2.75) is 17.8 Å². The van der Waals surface area contributed by atoms with E-state index in [9.17, 15) is 10.1 Å². The van der Waals surface area contributed by atoms with E-state index in [1.165, 1.54) is 23.9 Å². The molecule has 0 amide bonds. The molecule has 122 valence electrons. The predicted octanol–water partition coefficient (Wildman–Crippen LogP) is 4.43. The molecule has 0 saturated heterocycles. The maximum Gasteiger partial charge on any atom is 0.269 e. The monoisotopic (exact) mass is 360 g/mol. The number of aryl methyl sites for hydroxylation is 1. The number of thioether (sulfide) groups is 1. The van der Waals surface area contributed by atoms with Crippen molar-refractivity contribution in [3.8, 4) is 5.69 Å². The van der Waals surface area contributed by atoms with E-state index in [1.54, 1.807) is 18.5 Å². The molecule has 24 heavy (non-hydrogen) atoms. The first-order valence-electron chi connectivity index (χ1n) is 7.07. The molecular formula is C16H13ClN4O2S. The summed E-state index contributed by atoms with van der Waals surface area (Å²) in [6, 6.07) is 12.3. The first kappa shape index (κ1) is 16.5. The number of nitrogens with zero attached hydrogens (tertiary/aromatic N) is 4. The van der Waals surface area contributed by atoms with Crippen LogP contribution >= 0.6 is 23.4 Å². The Kier molecular flexibility index (Phi) is 4.82. The van der Waals surface area contributed by atoms with Gasteiger partial charge in [0.15, 0.2) is 5.16 Å². The van der Waals surface area contributed by atoms with Crippen molar-refractivity contribution in [3.63, 3.8) is 0 Å². The average Bonchev–Trinajstić information content (AvgIpc) is 3.04. The van der Waals surface area contributed by atoms with Crippen LogP contribution in [0.5, 0.6) is 0 Å². The first-order chi connectivity index (χ1) is 11.5. The largest absolute Gasteiger partial charge is 0.277 e. The average molecular weight is 361 g/mol. The second-order valence-electron chi connectivity index (χ2n) is 5.13. The van der Waals surface area contributed by atoms with Crippen molar-refractivity contribution in [1.29, 1.82) is 0 Å². The van der Waals surface area contributed by atoms with E-state index in [4.69, 9.17) is 11.6 Å². The highest BCUT2D eigenvalue weighted by molar-refractivity contribution is 7.98. The number of nitro groups is 1. The van der Waals surface area contributed by atoms with Crippen molar-refractivity contribution < 1.29 is 4.92 Å². The van der Waals surface area contributed by atoms with Crippen LogP contribution in [0.1, 0.15) is 11.1 Å². The number of rotatable bonds is 5. The van der Waals surface area contributed by atoms with Gasteiger partial charge < -0.3 is 0 Å². The van der Waals surface area contributed by atoms with Crippen LogP contribution in [0.3, 0.4) is 0 Å². The van der Waals surface area contributed by atoms with Gasteiger partial charge in [0.25, 0.3) is 5.69 Å². The molecule has 1 aromatic heterocycles. The van der Waals surface area contributed by atoms with Crippen LogP contribution in [-0.4, -0.2) is 19.7 Å². The van der Waals surface area contributed by atoms with Gasteiger partial charge in [-0.2, -0.15) is 0 Å². The number of nitro benzene ring substituents is 1. The molecule has 0 unspecified atom stereocenters. The van der Waals surface area contributed by atoms with Crippen molar-refractivity contribution in [2.24, 2.45) is 0 Å². The lowest BCUT2D eigenvalue weighted by molar-refractivity contribution is -0.384. The number of hydrogen-bond donors (Lipinski definition) is 0. The number of benzene rings is 2. The zero-order valence-electron chi connectivity index (χ0n) is 12.7. The van der Waals surface area contributed by atoms with Gasteiger partial charge in [-0.3, -0.25) is 14.7 Å². The van der Waals surface area contributed by atoms with Crippen LogP contribution < -0.4 is 0 Å². The van der Waals surface area contributed by atoms with Crippen LogP contribution in [0, 0.1) is 17.0 Å². The standard InChI is InChI=1S/C16H13ClN4O2S/c1-11-2-5-14(8-15(11)17)20-10-18-19-16(20)24-9-12-3-6-13(7-4-12)21(22)23/h2-8,10H,9H2,1H3. The predicted molar refractivity (Wildman–Crippen MR) is 93.8 cm³/mol. The molecule has 0 saturated carbocycles. The molecule has 0 aliphatic rings. The van der Waals surface area contributed by atoms with Crippen molar-refractivity contribution >= 4 is 29.1 Å². The van der Waals surface area contributed by atoms with Gasteiger partial charge in [-0.05, 0) is 30.2 Å². The van der Waals surface area contributed by atoms with Gasteiger partial charge in [0, 0.05) is 22.9 Å². The Bertz CT molecular complexity index is 880. The summed E-state index contributed by atoms with van der Waals surface area (Å²) in [6.07, 6.45) is 1.64. The molecule has 1 heterocycles. The Balaban J connectivity index is 1.76. The SMILES string of the molecule is Cc1ccc(-n2cnnc2SCc2ccc([N+](=O)[O-])cc2)cc1Cl. The van der Waals surface area contributed by atoms with Gasteiger partial charge in [-0.1, -0.05) is 41.6 Å². The lowest BCUT2D eigenvalue weighted by atomic mass is 10.2. The quantitative estimate of drug-likeness (QED) is 0.382. The van der Waals surface area contributed by atoms with Gasteiger partial charge in [0.2, 0.25) is 0 Å². The number of non-ortho nitro benzene ring substituents is 1. The zero-order chi connectivity index (χ0) is 17.1. The van der Waals surface area contributed by atoms with Gasteiger partial charge in [-0.25, -0.2) is 0 Å². The van der Waals surface area contributed by atoms with Crippen LogP contribution in [0.15, 0.2) is 53.9 Å². The minimum Gasteiger partial charge on any atom is -0.277 e. The molecule has 0 bridgehead atoms. The second-order valence-corrected chi connectivity index (χ2v) is 6.48. The lowest BCUT2D eigenvalue weighted by Gasteiger charge is -2.08. The highest BCUT2D eigenvalue weighted by Crippen LogP contribution is 2.26. The molecule has 0 aliphatic carbocycles. The third kappa shape index (κ3) is 3.58. The maximum absolute atomic E-state index is 10.7. The molecule has 2 aromatic carbocycles. The van der Waals surface area contributed by atoms with Crippen molar-refractivity contribution in [2.75, 3.05) is 0 Å². The van der Waals surface area contributed by atoms with E-state index in [1.807, 2.05) is 29.7 Å². The van der Waals surface area contributed by atoms with Crippen molar-refractivity contribution in [3.05, 3.63) is 75.1 Å². The van der Waals surface area contributed by atoms with Gasteiger partial charge >= 0.3 is 0 Å². The van der Waals surface area contributed by atoms with Gasteiger partial charge in [-0.15, -0.1) is 10.2 Å². The number of aromatic nitrogens is 3. The van der Waals surface area contributed by atoms with E-state index in [0.717, 1.165) is 22.0 Å². The summed E-state index contributed by atoms with van der Waals surface area (Å²) in [5.74, 6) is 0.635. The number of hydrogen-bond acceptors (Lipinski definition) is 5. The molecule has 0 N–H and O–H groups in total. The van der Waals surface area contributed by atoms with Crippen LogP contribution in [0.4, 0.5) is 5.69 Å². The van der Waals surface area contributed by atoms with E-state index in [0.29, 0.717) is 10.8 Å². The molecule has 3 rings (SSSR count). The van der Waals surface area contributed by atoms with E-state index in [-0.39, 0.29) is 5.69 Å². The second kappa shape index (κ2) is 7.02. The van der Waals surface area contributed by atoms with E-state index >= 15 is 0 Å². The summed E-state index contributed by atoms with van der Waals surface area (Å²) in [6.45, 7) is 1.95. The Morgan fingerprint density at radius 2 is 2.00 bits per heavy atom. The minimum absolute atomic E-state index is 0.0845. The first-order valence-corrected chi connectivity index (χ1v) is 8.43. The summed E-state index contributed by atoms with van der Waals surface area (Å²) < 4.78 is 1.86. The summed E-state index contributed by atoms with van der Waals surface area (Å²) >= 11 is 7.68. The van der Waals surface area contributed by atoms with Gasteiger partial charge in [0.05, 0.1) is 10.6 Å². The molecule has 0 atom stereocenters. The Hall–Kier alpha value is -2.38. The third-order valence-corrected chi connectivity index (χ3v) is 4.89. The summed E-state index contributed by atoms with van der Waals surface area (Å²) in [4.78, 5) is 10.3. The Morgan fingerprint density at radius 1 is 1.25 bits per heavy atom. The topological polar surface area (TPSA) is 73.8 Å². The normalized spacial score (nSPS) is 10.8. The van der Waals surface area contributed by atoms with Crippen LogP contribution in [0.25, 0.3) is 5.69 Å².